The molecule has 2 heterocycles. The van der Waals surface area contributed by atoms with Gasteiger partial charge in [0, 0.05) is 49.2 Å². The summed E-state index contributed by atoms with van der Waals surface area (Å²) in [7, 11) is 0. The van der Waals surface area contributed by atoms with Gasteiger partial charge in [-0.15, -0.1) is 0 Å². The van der Waals surface area contributed by atoms with Gasteiger partial charge in [-0.2, -0.15) is 0 Å². The Kier molecular flexibility index (Phi) is 5.93. The Bertz CT molecular complexity index is 709. The van der Waals surface area contributed by atoms with Crippen molar-refractivity contribution in [2.45, 2.75) is 56.4 Å². The van der Waals surface area contributed by atoms with Crippen LogP contribution in [0.25, 0.3) is 0 Å². The summed E-state index contributed by atoms with van der Waals surface area (Å²) in [6.07, 6.45) is 6.63. The molecular formula is C22H29ClN2O3. The van der Waals surface area contributed by atoms with Crippen molar-refractivity contribution in [3.63, 3.8) is 0 Å². The third-order valence-electron chi connectivity index (χ3n) is 6.80. The summed E-state index contributed by atoms with van der Waals surface area (Å²) in [5.74, 6) is -0.0746. The Morgan fingerprint density at radius 1 is 1.18 bits per heavy atom. The minimum absolute atomic E-state index is 0.00803. The summed E-state index contributed by atoms with van der Waals surface area (Å²) in [6.45, 7) is 2.53. The fraction of sp³-hybridized carbons (Fsp3) is 0.636. The lowest BCUT2D eigenvalue weighted by Crippen LogP contribution is -2.46. The van der Waals surface area contributed by atoms with Crippen molar-refractivity contribution in [1.82, 2.24) is 10.2 Å². The average Bonchev–Trinajstić information content (AvgIpc) is 3.37. The molecule has 152 valence electrons. The predicted octanol–water partition coefficient (Wildman–Crippen LogP) is 3.30. The average molecular weight is 405 g/mol. The Morgan fingerprint density at radius 3 is 2.54 bits per heavy atom. The van der Waals surface area contributed by atoms with Crippen molar-refractivity contribution in [3.05, 3.63) is 34.9 Å². The van der Waals surface area contributed by atoms with Crippen molar-refractivity contribution < 1.29 is 14.3 Å². The van der Waals surface area contributed by atoms with E-state index in [0.717, 1.165) is 25.7 Å². The number of carbonyl (C=O) groups is 2. The molecule has 2 saturated heterocycles. The molecule has 0 aromatic heterocycles. The molecular weight excluding hydrogens is 376 g/mol. The van der Waals surface area contributed by atoms with Gasteiger partial charge in [-0.25, -0.2) is 0 Å². The lowest BCUT2D eigenvalue weighted by molar-refractivity contribution is -0.130. The van der Waals surface area contributed by atoms with E-state index < -0.39 is 0 Å². The van der Waals surface area contributed by atoms with Gasteiger partial charge in [0.25, 0.3) is 0 Å². The second-order valence-electron chi connectivity index (χ2n) is 8.50. The van der Waals surface area contributed by atoms with E-state index >= 15 is 0 Å². The molecule has 0 spiro atoms. The third-order valence-corrected chi connectivity index (χ3v) is 7.05. The number of amides is 2. The maximum absolute atomic E-state index is 12.9. The molecule has 2 aliphatic heterocycles. The number of rotatable bonds is 5. The largest absolute Gasteiger partial charge is 0.381 e. The number of ether oxygens (including phenoxy) is 1. The zero-order valence-corrected chi connectivity index (χ0v) is 17.0. The highest BCUT2D eigenvalue weighted by molar-refractivity contribution is 6.30. The lowest BCUT2D eigenvalue weighted by Gasteiger charge is -2.38. The van der Waals surface area contributed by atoms with Crippen LogP contribution in [0, 0.1) is 5.92 Å². The smallest absolute Gasteiger partial charge is 0.225 e. The van der Waals surface area contributed by atoms with Crippen LogP contribution in [0.5, 0.6) is 0 Å². The highest BCUT2D eigenvalue weighted by Crippen LogP contribution is 2.35. The fourth-order valence-corrected chi connectivity index (χ4v) is 5.14. The van der Waals surface area contributed by atoms with E-state index in [1.807, 2.05) is 17.0 Å². The molecule has 1 aliphatic carbocycles. The molecule has 0 bridgehead atoms. The zero-order chi connectivity index (χ0) is 19.6. The van der Waals surface area contributed by atoms with Crippen LogP contribution in [0.2, 0.25) is 5.02 Å². The van der Waals surface area contributed by atoms with Crippen LogP contribution in [-0.4, -0.2) is 49.1 Å². The van der Waals surface area contributed by atoms with Crippen LogP contribution in [0.1, 0.15) is 50.5 Å². The summed E-state index contributed by atoms with van der Waals surface area (Å²) in [5.41, 5.74) is 1.06. The molecule has 1 atom stereocenters. The number of hydrogen-bond donors (Lipinski definition) is 1. The summed E-state index contributed by atoms with van der Waals surface area (Å²) >= 11 is 6.06. The first-order chi connectivity index (χ1) is 13.6. The first kappa shape index (κ1) is 19.7. The van der Waals surface area contributed by atoms with Gasteiger partial charge in [-0.1, -0.05) is 36.6 Å². The standard InChI is InChI=1S/C22H29ClN2O3/c23-18-7-5-17(6-8-18)22(9-11-28-12-10-22)15-24-21(27)16-13-20(26)25(14-16)19-3-1-2-4-19/h5-8,16,19H,1-4,9-15H2,(H,24,27). The Labute approximate surface area is 171 Å². The minimum atomic E-state index is -0.227. The molecule has 2 amide bonds. The molecule has 28 heavy (non-hydrogen) atoms. The molecule has 3 fully saturated rings. The number of nitrogens with one attached hydrogen (secondary N) is 1. The number of hydrogen-bond acceptors (Lipinski definition) is 3. The molecule has 1 aromatic rings. The number of likely N-dealkylation sites (tertiary alicyclic amines) is 1. The van der Waals surface area contributed by atoms with Gasteiger partial charge in [0.15, 0.2) is 0 Å². The predicted molar refractivity (Wildman–Crippen MR) is 108 cm³/mol. The van der Waals surface area contributed by atoms with Gasteiger partial charge in [-0.3, -0.25) is 9.59 Å². The summed E-state index contributed by atoms with van der Waals surface area (Å²) in [6, 6.07) is 8.28. The SMILES string of the molecule is O=C(NCC1(c2ccc(Cl)cc2)CCOCC1)C1CC(=O)N(C2CCCC2)C1. The molecule has 5 nitrogen and oxygen atoms in total. The second-order valence-corrected chi connectivity index (χ2v) is 8.94. The number of benzene rings is 1. The van der Waals surface area contributed by atoms with E-state index in [0.29, 0.717) is 43.8 Å². The van der Waals surface area contributed by atoms with Crippen LogP contribution in [-0.2, 0) is 19.7 Å². The van der Waals surface area contributed by atoms with Crippen LogP contribution >= 0.6 is 11.6 Å². The van der Waals surface area contributed by atoms with Crippen molar-refractivity contribution in [3.8, 4) is 0 Å². The Morgan fingerprint density at radius 2 is 1.86 bits per heavy atom. The van der Waals surface area contributed by atoms with Crippen molar-refractivity contribution >= 4 is 23.4 Å². The number of carbonyl (C=O) groups excluding carboxylic acids is 2. The molecule has 6 heteroatoms. The first-order valence-corrected chi connectivity index (χ1v) is 10.9. The van der Waals surface area contributed by atoms with Gasteiger partial charge in [0.05, 0.1) is 5.92 Å². The molecule has 1 aromatic carbocycles. The quantitative estimate of drug-likeness (QED) is 0.819. The summed E-state index contributed by atoms with van der Waals surface area (Å²) < 4.78 is 5.57. The number of nitrogens with zero attached hydrogens (tertiary/aromatic N) is 1. The van der Waals surface area contributed by atoms with E-state index in [4.69, 9.17) is 16.3 Å². The maximum Gasteiger partial charge on any atom is 0.225 e. The van der Waals surface area contributed by atoms with E-state index in [-0.39, 0.29) is 23.1 Å². The van der Waals surface area contributed by atoms with Crippen molar-refractivity contribution in [2.75, 3.05) is 26.3 Å². The topological polar surface area (TPSA) is 58.6 Å². The van der Waals surface area contributed by atoms with Crippen molar-refractivity contribution in [1.29, 1.82) is 0 Å². The minimum Gasteiger partial charge on any atom is -0.381 e. The van der Waals surface area contributed by atoms with Gasteiger partial charge in [-0.05, 0) is 43.4 Å². The van der Waals surface area contributed by atoms with Crippen LogP contribution < -0.4 is 5.32 Å². The molecule has 1 N–H and O–H groups in total. The highest BCUT2D eigenvalue weighted by atomic mass is 35.5. The summed E-state index contributed by atoms with van der Waals surface area (Å²) in [4.78, 5) is 27.3. The van der Waals surface area contributed by atoms with Crippen LogP contribution in [0.15, 0.2) is 24.3 Å². The first-order valence-electron chi connectivity index (χ1n) is 10.5. The Balaban J connectivity index is 1.40. The number of halogens is 1. The highest BCUT2D eigenvalue weighted by Gasteiger charge is 2.40. The molecule has 1 saturated carbocycles. The fourth-order valence-electron chi connectivity index (χ4n) is 5.01. The van der Waals surface area contributed by atoms with E-state index in [1.165, 1.54) is 18.4 Å². The van der Waals surface area contributed by atoms with E-state index in [9.17, 15) is 9.59 Å². The molecule has 3 aliphatic rings. The third kappa shape index (κ3) is 4.06. The molecule has 0 radical (unpaired) electrons. The van der Waals surface area contributed by atoms with E-state index in [1.54, 1.807) is 0 Å². The summed E-state index contributed by atoms with van der Waals surface area (Å²) in [5, 5.41) is 3.89. The van der Waals surface area contributed by atoms with E-state index in [2.05, 4.69) is 17.4 Å². The second kappa shape index (κ2) is 8.42. The van der Waals surface area contributed by atoms with Crippen LogP contribution in [0.4, 0.5) is 0 Å². The Hall–Kier alpha value is -1.59. The van der Waals surface area contributed by atoms with Gasteiger partial charge in [0.1, 0.15) is 0 Å². The normalized spacial score (nSPS) is 25.2. The van der Waals surface area contributed by atoms with Gasteiger partial charge in [0.2, 0.25) is 11.8 Å². The maximum atomic E-state index is 12.9. The zero-order valence-electron chi connectivity index (χ0n) is 16.3. The monoisotopic (exact) mass is 404 g/mol. The molecule has 4 rings (SSSR count). The lowest BCUT2D eigenvalue weighted by atomic mass is 9.74. The van der Waals surface area contributed by atoms with Gasteiger partial charge >= 0.3 is 0 Å². The molecule has 1 unspecified atom stereocenters. The van der Waals surface area contributed by atoms with Crippen LogP contribution in [0.3, 0.4) is 0 Å². The van der Waals surface area contributed by atoms with Gasteiger partial charge < -0.3 is 15.0 Å². The van der Waals surface area contributed by atoms with Crippen molar-refractivity contribution in [2.24, 2.45) is 5.92 Å².